The van der Waals surface area contributed by atoms with E-state index in [1.54, 1.807) is 0 Å². The Labute approximate surface area is 97.8 Å². The monoisotopic (exact) mass is 240 g/mol. The minimum Gasteiger partial charge on any atom is -0.322 e. The molecule has 5 heteroatoms. The molecule has 1 N–H and O–H groups in total. The van der Waals surface area contributed by atoms with Gasteiger partial charge in [0.2, 0.25) is 5.91 Å². The predicted octanol–water partition coefficient (Wildman–Crippen LogP) is 2.97. The molecule has 1 aromatic rings. The summed E-state index contributed by atoms with van der Waals surface area (Å²) in [5.41, 5.74) is -1.24. The number of hydrogen-bond donors (Lipinski definition) is 1. The van der Waals surface area contributed by atoms with E-state index in [-0.39, 0.29) is 10.7 Å². The molecule has 0 aliphatic carbocycles. The van der Waals surface area contributed by atoms with Gasteiger partial charge in [0.25, 0.3) is 0 Å². The third kappa shape index (κ3) is 2.50. The normalized spacial score (nSPS) is 10.7. The molecule has 0 aliphatic rings. The molecule has 0 heterocycles. The summed E-state index contributed by atoms with van der Waals surface area (Å²) in [6, 6.07) is 6.10. The molecular formula is C11H10ClFN2O. The van der Waals surface area contributed by atoms with Crippen molar-refractivity contribution in [1.82, 2.24) is 0 Å². The van der Waals surface area contributed by atoms with Crippen LogP contribution in [0.25, 0.3) is 0 Å². The van der Waals surface area contributed by atoms with E-state index in [9.17, 15) is 9.18 Å². The number of nitrogens with one attached hydrogen (secondary N) is 1. The summed E-state index contributed by atoms with van der Waals surface area (Å²) in [7, 11) is 0. The third-order valence-corrected chi connectivity index (χ3v) is 2.34. The first kappa shape index (κ1) is 12.5. The average Bonchev–Trinajstić information content (AvgIpc) is 2.24. The number of anilines is 1. The molecule has 3 nitrogen and oxygen atoms in total. The molecule has 0 unspecified atom stereocenters. The van der Waals surface area contributed by atoms with Crippen molar-refractivity contribution in [3.05, 3.63) is 29.0 Å². The minimum absolute atomic E-state index is 0.0270. The number of nitrogens with zero attached hydrogens (tertiary/aromatic N) is 1. The van der Waals surface area contributed by atoms with Crippen LogP contribution in [-0.4, -0.2) is 5.91 Å². The van der Waals surface area contributed by atoms with Gasteiger partial charge in [0.05, 0.1) is 16.8 Å². The van der Waals surface area contributed by atoms with Crippen molar-refractivity contribution < 1.29 is 9.18 Å². The second-order valence-electron chi connectivity index (χ2n) is 3.79. The second kappa shape index (κ2) is 4.50. The molecule has 84 valence electrons. The maximum atomic E-state index is 13.4. The largest absolute Gasteiger partial charge is 0.322 e. The number of carbonyl (C=O) groups excluding carboxylic acids is 1. The molecule has 0 aliphatic heterocycles. The Balaban J connectivity index is 2.95. The first-order valence-electron chi connectivity index (χ1n) is 4.55. The van der Waals surface area contributed by atoms with Crippen LogP contribution in [0.15, 0.2) is 18.2 Å². The minimum atomic E-state index is -1.21. The summed E-state index contributed by atoms with van der Waals surface area (Å²) in [5.74, 6) is -1.28. The molecule has 0 saturated carbocycles. The van der Waals surface area contributed by atoms with Gasteiger partial charge in [-0.05, 0) is 26.0 Å². The van der Waals surface area contributed by atoms with Crippen molar-refractivity contribution in [3.8, 4) is 6.07 Å². The number of benzene rings is 1. The number of amides is 1. The van der Waals surface area contributed by atoms with Crippen molar-refractivity contribution in [1.29, 1.82) is 5.26 Å². The van der Waals surface area contributed by atoms with E-state index < -0.39 is 17.1 Å². The van der Waals surface area contributed by atoms with Crippen LogP contribution < -0.4 is 5.32 Å². The lowest BCUT2D eigenvalue weighted by atomic mass is 9.94. The lowest BCUT2D eigenvalue weighted by molar-refractivity contribution is -0.121. The van der Waals surface area contributed by atoms with E-state index >= 15 is 0 Å². The van der Waals surface area contributed by atoms with Crippen LogP contribution in [-0.2, 0) is 4.79 Å². The van der Waals surface area contributed by atoms with Gasteiger partial charge in [-0.2, -0.15) is 5.26 Å². The van der Waals surface area contributed by atoms with Gasteiger partial charge in [-0.3, -0.25) is 4.79 Å². The number of halogens is 2. The van der Waals surface area contributed by atoms with E-state index in [0.717, 1.165) is 0 Å². The molecule has 0 saturated heterocycles. The van der Waals surface area contributed by atoms with Gasteiger partial charge in [0.15, 0.2) is 5.82 Å². The highest BCUT2D eigenvalue weighted by atomic mass is 35.5. The van der Waals surface area contributed by atoms with Crippen LogP contribution >= 0.6 is 11.6 Å². The van der Waals surface area contributed by atoms with E-state index in [2.05, 4.69) is 5.32 Å². The molecule has 0 radical (unpaired) electrons. The molecule has 16 heavy (non-hydrogen) atoms. The average molecular weight is 241 g/mol. The van der Waals surface area contributed by atoms with Crippen molar-refractivity contribution in [3.63, 3.8) is 0 Å². The maximum Gasteiger partial charge on any atom is 0.244 e. The zero-order valence-corrected chi connectivity index (χ0v) is 9.60. The van der Waals surface area contributed by atoms with Crippen molar-refractivity contribution in [2.75, 3.05) is 5.32 Å². The van der Waals surface area contributed by atoms with Gasteiger partial charge in [0.1, 0.15) is 5.41 Å². The summed E-state index contributed by atoms with van der Waals surface area (Å²) < 4.78 is 13.4. The van der Waals surface area contributed by atoms with Crippen molar-refractivity contribution in [2.24, 2.45) is 5.41 Å². The van der Waals surface area contributed by atoms with E-state index in [0.29, 0.717) is 0 Å². The highest BCUT2D eigenvalue weighted by Crippen LogP contribution is 2.24. The highest BCUT2D eigenvalue weighted by molar-refractivity contribution is 6.31. The van der Waals surface area contributed by atoms with Gasteiger partial charge < -0.3 is 5.32 Å². The van der Waals surface area contributed by atoms with Crippen LogP contribution in [0, 0.1) is 22.6 Å². The van der Waals surface area contributed by atoms with Crippen molar-refractivity contribution >= 4 is 23.2 Å². The Kier molecular flexibility index (Phi) is 3.51. The fourth-order valence-electron chi connectivity index (χ4n) is 0.930. The summed E-state index contributed by atoms with van der Waals surface area (Å²) in [4.78, 5) is 11.6. The molecule has 0 fully saturated rings. The maximum absolute atomic E-state index is 13.4. The Hall–Kier alpha value is -1.60. The van der Waals surface area contributed by atoms with Crippen LogP contribution in [0.2, 0.25) is 5.02 Å². The smallest absolute Gasteiger partial charge is 0.244 e. The first-order valence-corrected chi connectivity index (χ1v) is 4.93. The number of hydrogen-bond acceptors (Lipinski definition) is 2. The van der Waals surface area contributed by atoms with Gasteiger partial charge in [-0.15, -0.1) is 0 Å². The lowest BCUT2D eigenvalue weighted by Crippen LogP contribution is -2.29. The van der Waals surface area contributed by atoms with E-state index in [1.165, 1.54) is 32.0 Å². The van der Waals surface area contributed by atoms with Gasteiger partial charge in [-0.1, -0.05) is 17.7 Å². The SMILES string of the molecule is CC(C)(C#N)C(=O)Nc1cccc(Cl)c1F. The predicted molar refractivity (Wildman–Crippen MR) is 59.4 cm³/mol. The van der Waals surface area contributed by atoms with Gasteiger partial charge in [0, 0.05) is 0 Å². The summed E-state index contributed by atoms with van der Waals surface area (Å²) >= 11 is 5.55. The summed E-state index contributed by atoms with van der Waals surface area (Å²) in [6.45, 7) is 2.90. The van der Waals surface area contributed by atoms with Gasteiger partial charge >= 0.3 is 0 Å². The third-order valence-electron chi connectivity index (χ3n) is 2.05. The number of rotatable bonds is 2. The van der Waals surface area contributed by atoms with Crippen LogP contribution in [0.5, 0.6) is 0 Å². The summed E-state index contributed by atoms with van der Waals surface area (Å²) in [6.07, 6.45) is 0. The van der Waals surface area contributed by atoms with Crippen LogP contribution in [0.4, 0.5) is 10.1 Å². The highest BCUT2D eigenvalue weighted by Gasteiger charge is 2.28. The fraction of sp³-hybridized carbons (Fsp3) is 0.273. The molecular weight excluding hydrogens is 231 g/mol. The molecule has 1 aromatic carbocycles. The molecule has 1 amide bonds. The molecule has 1 rings (SSSR count). The van der Waals surface area contributed by atoms with Crippen LogP contribution in [0.1, 0.15) is 13.8 Å². The quantitative estimate of drug-likeness (QED) is 0.864. The Morgan fingerprint density at radius 3 is 2.75 bits per heavy atom. The Morgan fingerprint density at radius 1 is 1.56 bits per heavy atom. The fourth-order valence-corrected chi connectivity index (χ4v) is 1.10. The van der Waals surface area contributed by atoms with Gasteiger partial charge in [-0.25, -0.2) is 4.39 Å². The zero-order valence-electron chi connectivity index (χ0n) is 8.84. The molecule has 0 atom stereocenters. The Morgan fingerprint density at radius 2 is 2.19 bits per heavy atom. The van der Waals surface area contributed by atoms with Crippen LogP contribution in [0.3, 0.4) is 0 Å². The van der Waals surface area contributed by atoms with Crippen molar-refractivity contribution in [2.45, 2.75) is 13.8 Å². The zero-order chi connectivity index (χ0) is 12.3. The number of carbonyl (C=O) groups is 1. The molecule has 0 bridgehead atoms. The van der Waals surface area contributed by atoms with E-state index in [1.807, 2.05) is 6.07 Å². The number of nitriles is 1. The lowest BCUT2D eigenvalue weighted by Gasteiger charge is -2.15. The second-order valence-corrected chi connectivity index (χ2v) is 4.20. The molecule has 0 aromatic heterocycles. The topological polar surface area (TPSA) is 52.9 Å². The molecule has 0 spiro atoms. The first-order chi connectivity index (χ1) is 7.38. The van der Waals surface area contributed by atoms with E-state index in [4.69, 9.17) is 16.9 Å². The summed E-state index contributed by atoms with van der Waals surface area (Å²) in [5, 5.41) is 11.0. The Bertz CT molecular complexity index is 466. The standard InChI is InChI=1S/C11H10ClFN2O/c1-11(2,6-14)10(16)15-8-5-3-4-7(12)9(8)13/h3-5H,1-2H3,(H,15,16).